The van der Waals surface area contributed by atoms with Gasteiger partial charge in [-0.1, -0.05) is 35.9 Å². The minimum absolute atomic E-state index is 0.111. The number of carbonyl (C=O) groups excluding carboxylic acids is 1. The summed E-state index contributed by atoms with van der Waals surface area (Å²) in [5, 5.41) is 0.709. The summed E-state index contributed by atoms with van der Waals surface area (Å²) in [5.74, 6) is 1.86. The van der Waals surface area contributed by atoms with E-state index in [0.29, 0.717) is 16.9 Å². The smallest absolute Gasteiger partial charge is 0.253 e. The number of nitrogens with zero attached hydrogens (tertiary/aromatic N) is 4. The summed E-state index contributed by atoms with van der Waals surface area (Å²) in [6.07, 6.45) is 3.55. The SMILES string of the molecule is O=C(c1ccc(-c2cccc(Cl)c2)cc1)N1CC2CN(c3ncccn3)CC2C1. The standard InChI is InChI=1S/C23H21ClN4O/c24-21-4-1-3-18(11-21)16-5-7-17(8-6-16)22(29)27-12-19-14-28(15-20(19)13-27)23-25-9-2-10-26-23/h1-11,19-20H,12-15H2. The summed E-state index contributed by atoms with van der Waals surface area (Å²) in [4.78, 5) is 25.9. The second kappa shape index (κ2) is 7.48. The maximum absolute atomic E-state index is 13.0. The van der Waals surface area contributed by atoms with Gasteiger partial charge < -0.3 is 9.80 Å². The van der Waals surface area contributed by atoms with Crippen molar-refractivity contribution >= 4 is 23.5 Å². The molecular weight excluding hydrogens is 384 g/mol. The first kappa shape index (κ1) is 18.1. The highest BCUT2D eigenvalue weighted by Gasteiger charge is 2.42. The van der Waals surface area contributed by atoms with E-state index in [2.05, 4.69) is 14.9 Å². The third kappa shape index (κ3) is 3.58. The van der Waals surface area contributed by atoms with Gasteiger partial charge in [-0.3, -0.25) is 4.79 Å². The van der Waals surface area contributed by atoms with E-state index >= 15 is 0 Å². The summed E-state index contributed by atoms with van der Waals surface area (Å²) >= 11 is 6.09. The van der Waals surface area contributed by atoms with Crippen molar-refractivity contribution in [1.82, 2.24) is 14.9 Å². The molecule has 3 heterocycles. The molecule has 3 aromatic rings. The van der Waals surface area contributed by atoms with E-state index in [0.717, 1.165) is 48.8 Å². The van der Waals surface area contributed by atoms with Crippen molar-refractivity contribution in [3.8, 4) is 11.1 Å². The third-order valence-corrected chi connectivity index (χ3v) is 6.13. The van der Waals surface area contributed by atoms with Gasteiger partial charge in [0.1, 0.15) is 0 Å². The van der Waals surface area contributed by atoms with Gasteiger partial charge in [-0.05, 0) is 41.5 Å². The Kier molecular flexibility index (Phi) is 4.68. The highest BCUT2D eigenvalue weighted by Crippen LogP contribution is 2.33. The molecule has 5 nitrogen and oxygen atoms in total. The van der Waals surface area contributed by atoms with E-state index in [1.54, 1.807) is 12.4 Å². The van der Waals surface area contributed by atoms with Gasteiger partial charge in [-0.15, -0.1) is 0 Å². The number of fused-ring (bicyclic) bond motifs is 1. The van der Waals surface area contributed by atoms with E-state index in [1.807, 2.05) is 59.5 Å². The number of hydrogen-bond donors (Lipinski definition) is 0. The Bertz CT molecular complexity index is 1010. The molecule has 2 fully saturated rings. The topological polar surface area (TPSA) is 49.3 Å². The highest BCUT2D eigenvalue weighted by atomic mass is 35.5. The van der Waals surface area contributed by atoms with E-state index in [-0.39, 0.29) is 5.91 Å². The summed E-state index contributed by atoms with van der Waals surface area (Å²) in [6.45, 7) is 3.41. The number of hydrogen-bond acceptors (Lipinski definition) is 4. The molecule has 1 amide bonds. The van der Waals surface area contributed by atoms with Crippen molar-refractivity contribution in [2.24, 2.45) is 11.8 Å². The molecule has 0 aliphatic carbocycles. The lowest BCUT2D eigenvalue weighted by Gasteiger charge is -2.21. The van der Waals surface area contributed by atoms with Gasteiger partial charge in [0.25, 0.3) is 5.91 Å². The molecule has 0 spiro atoms. The lowest BCUT2D eigenvalue weighted by atomic mass is 10.0. The predicted molar refractivity (Wildman–Crippen MR) is 114 cm³/mol. The average molecular weight is 405 g/mol. The normalized spacial score (nSPS) is 20.7. The van der Waals surface area contributed by atoms with Gasteiger partial charge >= 0.3 is 0 Å². The average Bonchev–Trinajstić information content (AvgIpc) is 3.33. The number of rotatable bonds is 3. The van der Waals surface area contributed by atoms with Crippen molar-refractivity contribution in [2.75, 3.05) is 31.1 Å². The van der Waals surface area contributed by atoms with Crippen LogP contribution in [0.25, 0.3) is 11.1 Å². The predicted octanol–water partition coefficient (Wildman–Crippen LogP) is 4.01. The first-order valence-electron chi connectivity index (χ1n) is 9.84. The van der Waals surface area contributed by atoms with Crippen LogP contribution in [0.15, 0.2) is 67.0 Å². The fourth-order valence-corrected chi connectivity index (χ4v) is 4.62. The van der Waals surface area contributed by atoms with Gasteiger partial charge in [0.2, 0.25) is 5.95 Å². The molecule has 2 atom stereocenters. The van der Waals surface area contributed by atoms with Crippen LogP contribution in [0.2, 0.25) is 5.02 Å². The molecule has 146 valence electrons. The van der Waals surface area contributed by atoms with Crippen molar-refractivity contribution in [3.05, 3.63) is 77.6 Å². The number of aromatic nitrogens is 2. The maximum Gasteiger partial charge on any atom is 0.253 e. The Morgan fingerprint density at radius 2 is 1.55 bits per heavy atom. The van der Waals surface area contributed by atoms with Crippen molar-refractivity contribution in [3.63, 3.8) is 0 Å². The van der Waals surface area contributed by atoms with Crippen molar-refractivity contribution in [1.29, 1.82) is 0 Å². The van der Waals surface area contributed by atoms with Gasteiger partial charge in [0.05, 0.1) is 0 Å². The fourth-order valence-electron chi connectivity index (χ4n) is 4.43. The minimum atomic E-state index is 0.111. The largest absolute Gasteiger partial charge is 0.340 e. The summed E-state index contributed by atoms with van der Waals surface area (Å²) in [5.41, 5.74) is 2.84. The van der Waals surface area contributed by atoms with Crippen LogP contribution in [0.1, 0.15) is 10.4 Å². The van der Waals surface area contributed by atoms with Crippen LogP contribution in [-0.4, -0.2) is 47.0 Å². The van der Waals surface area contributed by atoms with E-state index in [4.69, 9.17) is 11.6 Å². The van der Waals surface area contributed by atoms with Crippen LogP contribution < -0.4 is 4.90 Å². The first-order chi connectivity index (χ1) is 14.2. The molecule has 5 rings (SSSR count). The van der Waals surface area contributed by atoms with Gasteiger partial charge in [-0.25, -0.2) is 9.97 Å². The molecule has 0 radical (unpaired) electrons. The molecule has 29 heavy (non-hydrogen) atoms. The number of likely N-dealkylation sites (tertiary alicyclic amines) is 1. The number of amides is 1. The fraction of sp³-hybridized carbons (Fsp3) is 0.261. The summed E-state index contributed by atoms with van der Waals surface area (Å²) in [7, 11) is 0. The summed E-state index contributed by atoms with van der Waals surface area (Å²) in [6, 6.07) is 17.4. The zero-order valence-corrected chi connectivity index (χ0v) is 16.7. The third-order valence-electron chi connectivity index (χ3n) is 5.90. The van der Waals surface area contributed by atoms with Gasteiger partial charge in [0, 0.05) is 61.0 Å². The van der Waals surface area contributed by atoms with E-state index in [9.17, 15) is 4.79 Å². The number of benzene rings is 2. The van der Waals surface area contributed by atoms with Gasteiger partial charge in [-0.2, -0.15) is 0 Å². The minimum Gasteiger partial charge on any atom is -0.340 e. The Balaban J connectivity index is 1.25. The molecule has 2 aliphatic rings. The molecule has 2 aliphatic heterocycles. The quantitative estimate of drug-likeness (QED) is 0.662. The molecule has 6 heteroatoms. The maximum atomic E-state index is 13.0. The Morgan fingerprint density at radius 1 is 0.862 bits per heavy atom. The molecule has 0 bridgehead atoms. The molecule has 0 saturated carbocycles. The van der Waals surface area contributed by atoms with Gasteiger partial charge in [0.15, 0.2) is 0 Å². The lowest BCUT2D eigenvalue weighted by Crippen LogP contribution is -2.33. The second-order valence-electron chi connectivity index (χ2n) is 7.77. The van der Waals surface area contributed by atoms with Crippen LogP contribution in [-0.2, 0) is 0 Å². The van der Waals surface area contributed by atoms with Crippen molar-refractivity contribution < 1.29 is 4.79 Å². The van der Waals surface area contributed by atoms with Crippen LogP contribution in [0.4, 0.5) is 5.95 Å². The number of halogens is 1. The number of anilines is 1. The summed E-state index contributed by atoms with van der Waals surface area (Å²) < 4.78 is 0. The molecule has 2 saturated heterocycles. The molecule has 2 aromatic carbocycles. The van der Waals surface area contributed by atoms with Crippen LogP contribution >= 0.6 is 11.6 Å². The Hall–Kier alpha value is -2.92. The van der Waals surface area contributed by atoms with Crippen LogP contribution in [0, 0.1) is 11.8 Å². The zero-order valence-electron chi connectivity index (χ0n) is 15.9. The lowest BCUT2D eigenvalue weighted by molar-refractivity contribution is 0.0782. The van der Waals surface area contributed by atoms with E-state index in [1.165, 1.54) is 0 Å². The van der Waals surface area contributed by atoms with Crippen LogP contribution in [0.3, 0.4) is 0 Å². The Morgan fingerprint density at radius 3 is 2.21 bits per heavy atom. The Labute approximate surface area is 175 Å². The van der Waals surface area contributed by atoms with E-state index < -0.39 is 0 Å². The first-order valence-corrected chi connectivity index (χ1v) is 10.2. The van der Waals surface area contributed by atoms with Crippen molar-refractivity contribution in [2.45, 2.75) is 0 Å². The zero-order chi connectivity index (χ0) is 19.8. The highest BCUT2D eigenvalue weighted by molar-refractivity contribution is 6.30. The molecule has 0 N–H and O–H groups in total. The second-order valence-corrected chi connectivity index (χ2v) is 8.21. The number of carbonyl (C=O) groups is 1. The molecular formula is C23H21ClN4O. The molecule has 2 unspecified atom stereocenters. The van der Waals surface area contributed by atoms with Crippen LogP contribution in [0.5, 0.6) is 0 Å². The molecule has 1 aromatic heterocycles. The monoisotopic (exact) mass is 404 g/mol.